The van der Waals surface area contributed by atoms with E-state index in [0.717, 1.165) is 17.9 Å². The van der Waals surface area contributed by atoms with Crippen molar-refractivity contribution in [3.8, 4) is 5.69 Å². The summed E-state index contributed by atoms with van der Waals surface area (Å²) >= 11 is 5.83. The molecule has 1 heterocycles. The highest BCUT2D eigenvalue weighted by Gasteiger charge is 2.15. The molecule has 1 aromatic heterocycles. The van der Waals surface area contributed by atoms with E-state index >= 15 is 0 Å². The fraction of sp³-hybridized carbons (Fsp3) is 0.333. The van der Waals surface area contributed by atoms with Crippen LogP contribution in [-0.4, -0.2) is 14.8 Å². The molecule has 5 heteroatoms. The van der Waals surface area contributed by atoms with Crippen molar-refractivity contribution in [3.63, 3.8) is 0 Å². The third kappa shape index (κ3) is 2.47. The van der Waals surface area contributed by atoms with Crippen molar-refractivity contribution >= 4 is 11.6 Å². The highest BCUT2D eigenvalue weighted by Crippen LogP contribution is 2.21. The van der Waals surface area contributed by atoms with E-state index < -0.39 is 0 Å². The monoisotopic (exact) mass is 253 g/mol. The molecule has 1 unspecified atom stereocenters. The molecule has 0 saturated carbocycles. The number of rotatable bonds is 3. The molecule has 0 bridgehead atoms. The zero-order valence-electron chi connectivity index (χ0n) is 9.69. The third-order valence-electron chi connectivity index (χ3n) is 2.73. The maximum absolute atomic E-state index is 12.9. The molecule has 0 saturated heterocycles. The van der Waals surface area contributed by atoms with Gasteiger partial charge in [-0.15, -0.1) is 5.10 Å². The largest absolute Gasteiger partial charge is 0.243 e. The van der Waals surface area contributed by atoms with Gasteiger partial charge < -0.3 is 0 Å². The summed E-state index contributed by atoms with van der Waals surface area (Å²) in [6.45, 7) is 4.13. The smallest absolute Gasteiger partial charge is 0.216 e. The van der Waals surface area contributed by atoms with E-state index in [2.05, 4.69) is 23.9 Å². The summed E-state index contributed by atoms with van der Waals surface area (Å²) in [7, 11) is 0. The summed E-state index contributed by atoms with van der Waals surface area (Å²) in [6, 6.07) is 6.11. The molecule has 0 fully saturated rings. The average molecular weight is 254 g/mol. The molecular formula is C12H13ClFN3. The lowest BCUT2D eigenvalue weighted by Crippen LogP contribution is -2.06. The number of hydrogen-bond donors (Lipinski definition) is 0. The first kappa shape index (κ1) is 12.0. The van der Waals surface area contributed by atoms with E-state index in [0.29, 0.717) is 0 Å². The van der Waals surface area contributed by atoms with Crippen LogP contribution in [-0.2, 0) is 0 Å². The molecule has 0 spiro atoms. The topological polar surface area (TPSA) is 30.7 Å². The minimum absolute atomic E-state index is 0.213. The van der Waals surface area contributed by atoms with E-state index in [1.54, 1.807) is 16.8 Å². The predicted molar refractivity (Wildman–Crippen MR) is 65.0 cm³/mol. The Morgan fingerprint density at radius 3 is 2.59 bits per heavy atom. The normalized spacial score (nSPS) is 12.7. The Morgan fingerprint density at radius 2 is 2.00 bits per heavy atom. The summed E-state index contributed by atoms with van der Waals surface area (Å²) in [4.78, 5) is 4.20. The van der Waals surface area contributed by atoms with E-state index in [1.807, 2.05) is 0 Å². The van der Waals surface area contributed by atoms with Gasteiger partial charge in [-0.05, 0) is 42.3 Å². The van der Waals surface area contributed by atoms with Gasteiger partial charge in [-0.1, -0.05) is 13.8 Å². The van der Waals surface area contributed by atoms with Crippen LogP contribution in [0.2, 0.25) is 5.28 Å². The van der Waals surface area contributed by atoms with Gasteiger partial charge in [0.1, 0.15) is 11.6 Å². The molecule has 2 rings (SSSR count). The van der Waals surface area contributed by atoms with Crippen LogP contribution in [0.5, 0.6) is 0 Å². The Morgan fingerprint density at radius 1 is 1.35 bits per heavy atom. The molecule has 0 N–H and O–H groups in total. The van der Waals surface area contributed by atoms with Gasteiger partial charge in [-0.2, -0.15) is 0 Å². The third-order valence-corrected chi connectivity index (χ3v) is 2.89. The Bertz CT molecular complexity index is 507. The fourth-order valence-electron chi connectivity index (χ4n) is 1.57. The summed E-state index contributed by atoms with van der Waals surface area (Å²) < 4.78 is 14.5. The number of nitrogens with zero attached hydrogens (tertiary/aromatic N) is 3. The zero-order valence-corrected chi connectivity index (χ0v) is 10.4. The Hall–Kier alpha value is -1.42. The lowest BCUT2D eigenvalue weighted by Gasteiger charge is -2.10. The van der Waals surface area contributed by atoms with Crippen molar-refractivity contribution in [2.45, 2.75) is 26.2 Å². The first-order chi connectivity index (χ1) is 8.11. The Labute approximate surface area is 104 Å². The molecule has 90 valence electrons. The summed E-state index contributed by atoms with van der Waals surface area (Å²) in [5, 5.41) is 4.34. The standard InChI is InChI=1S/C12H13ClFN3/c1-3-8(2)11-15-12(13)16-17(11)10-6-4-9(14)5-7-10/h4-8H,3H2,1-2H3. The molecule has 0 aliphatic rings. The number of hydrogen-bond acceptors (Lipinski definition) is 2. The van der Waals surface area contributed by atoms with Crippen LogP contribution in [0.15, 0.2) is 24.3 Å². The number of halogens is 2. The molecular weight excluding hydrogens is 241 g/mol. The van der Waals surface area contributed by atoms with Crippen molar-refractivity contribution < 1.29 is 4.39 Å². The molecule has 2 aromatic rings. The summed E-state index contributed by atoms with van der Waals surface area (Å²) in [5.74, 6) is 0.772. The van der Waals surface area contributed by atoms with E-state index in [-0.39, 0.29) is 17.0 Å². The predicted octanol–water partition coefficient (Wildman–Crippen LogP) is 3.57. The van der Waals surface area contributed by atoms with Crippen molar-refractivity contribution in [1.29, 1.82) is 0 Å². The first-order valence-corrected chi connectivity index (χ1v) is 5.88. The van der Waals surface area contributed by atoms with Crippen LogP contribution in [0.3, 0.4) is 0 Å². The molecule has 0 radical (unpaired) electrons. The number of benzene rings is 1. The molecule has 0 amide bonds. The molecule has 0 aliphatic carbocycles. The lowest BCUT2D eigenvalue weighted by atomic mass is 10.1. The van der Waals surface area contributed by atoms with Crippen molar-refractivity contribution in [1.82, 2.24) is 14.8 Å². The SMILES string of the molecule is CCC(C)c1nc(Cl)nn1-c1ccc(F)cc1. The van der Waals surface area contributed by atoms with Crippen molar-refractivity contribution in [2.24, 2.45) is 0 Å². The molecule has 0 aliphatic heterocycles. The maximum Gasteiger partial charge on any atom is 0.243 e. The van der Waals surface area contributed by atoms with Crippen LogP contribution in [0, 0.1) is 5.82 Å². The lowest BCUT2D eigenvalue weighted by molar-refractivity contribution is 0.623. The minimum atomic E-state index is -0.273. The van der Waals surface area contributed by atoms with E-state index in [1.165, 1.54) is 12.1 Å². The van der Waals surface area contributed by atoms with E-state index in [9.17, 15) is 4.39 Å². The molecule has 17 heavy (non-hydrogen) atoms. The van der Waals surface area contributed by atoms with Gasteiger partial charge in [0.05, 0.1) is 5.69 Å². The second-order valence-corrected chi connectivity index (χ2v) is 4.27. The highest BCUT2D eigenvalue weighted by atomic mass is 35.5. The quantitative estimate of drug-likeness (QED) is 0.837. The van der Waals surface area contributed by atoms with Crippen LogP contribution in [0.1, 0.15) is 32.0 Å². The van der Waals surface area contributed by atoms with Gasteiger partial charge in [0.25, 0.3) is 0 Å². The van der Waals surface area contributed by atoms with Gasteiger partial charge >= 0.3 is 0 Å². The molecule has 1 aromatic carbocycles. The van der Waals surface area contributed by atoms with Crippen LogP contribution < -0.4 is 0 Å². The second-order valence-electron chi connectivity index (χ2n) is 3.94. The van der Waals surface area contributed by atoms with E-state index in [4.69, 9.17) is 11.6 Å². The maximum atomic E-state index is 12.9. The van der Waals surface area contributed by atoms with Crippen molar-refractivity contribution in [3.05, 3.63) is 41.2 Å². The van der Waals surface area contributed by atoms with Crippen molar-refractivity contribution in [2.75, 3.05) is 0 Å². The van der Waals surface area contributed by atoms with Crippen LogP contribution in [0.4, 0.5) is 4.39 Å². The summed E-state index contributed by atoms with van der Waals surface area (Å²) in [5.41, 5.74) is 0.765. The zero-order chi connectivity index (χ0) is 12.4. The van der Waals surface area contributed by atoms with Gasteiger partial charge in [0.2, 0.25) is 5.28 Å². The minimum Gasteiger partial charge on any atom is -0.216 e. The average Bonchev–Trinajstić information content (AvgIpc) is 2.71. The Kier molecular flexibility index (Phi) is 3.43. The highest BCUT2D eigenvalue weighted by molar-refractivity contribution is 6.28. The molecule has 3 nitrogen and oxygen atoms in total. The molecule has 1 atom stereocenters. The van der Waals surface area contributed by atoms with Gasteiger partial charge in [0.15, 0.2) is 0 Å². The fourth-order valence-corrected chi connectivity index (χ4v) is 1.73. The van der Waals surface area contributed by atoms with Gasteiger partial charge in [0, 0.05) is 5.92 Å². The number of aromatic nitrogens is 3. The van der Waals surface area contributed by atoms with Gasteiger partial charge in [-0.3, -0.25) is 0 Å². The van der Waals surface area contributed by atoms with Crippen LogP contribution in [0.25, 0.3) is 5.69 Å². The second kappa shape index (κ2) is 4.84. The summed E-state index contributed by atoms with van der Waals surface area (Å²) in [6.07, 6.45) is 0.941. The first-order valence-electron chi connectivity index (χ1n) is 5.50. The van der Waals surface area contributed by atoms with Crippen LogP contribution >= 0.6 is 11.6 Å². The Balaban J connectivity index is 2.47. The van der Waals surface area contributed by atoms with Gasteiger partial charge in [-0.25, -0.2) is 14.1 Å².